The van der Waals surface area contributed by atoms with Gasteiger partial charge in [0, 0.05) is 31.6 Å². The molecule has 116 valence electrons. The van der Waals surface area contributed by atoms with Crippen molar-refractivity contribution in [2.45, 2.75) is 63.7 Å². The Kier molecular flexibility index (Phi) is 4.94. The molecule has 2 fully saturated rings. The third-order valence-electron chi connectivity index (χ3n) is 4.45. The lowest BCUT2D eigenvalue weighted by molar-refractivity contribution is -0.183. The predicted octanol–water partition coefficient (Wildman–Crippen LogP) is 2.71. The van der Waals surface area contributed by atoms with E-state index >= 15 is 0 Å². The van der Waals surface area contributed by atoms with Crippen LogP contribution in [0.2, 0.25) is 0 Å². The number of nitrogens with one attached hydrogen (secondary N) is 1. The van der Waals surface area contributed by atoms with Gasteiger partial charge in [0.1, 0.15) is 0 Å². The highest BCUT2D eigenvalue weighted by Gasteiger charge is 2.42. The van der Waals surface area contributed by atoms with E-state index in [9.17, 15) is 18.0 Å². The molecule has 1 aliphatic heterocycles. The quantitative estimate of drug-likeness (QED) is 0.867. The average Bonchev–Trinajstić information content (AvgIpc) is 2.85. The highest BCUT2D eigenvalue weighted by atomic mass is 19.4. The third-order valence-corrected chi connectivity index (χ3v) is 4.45. The second kappa shape index (κ2) is 6.33. The lowest BCUT2D eigenvalue weighted by Gasteiger charge is -2.32. The van der Waals surface area contributed by atoms with E-state index in [1.165, 1.54) is 0 Å². The van der Waals surface area contributed by atoms with Gasteiger partial charge in [0.2, 0.25) is 5.91 Å². The molecule has 3 unspecified atom stereocenters. The van der Waals surface area contributed by atoms with Gasteiger partial charge in [0.05, 0.1) is 5.92 Å². The second-order valence-corrected chi connectivity index (χ2v) is 5.95. The zero-order chi connectivity index (χ0) is 14.8. The van der Waals surface area contributed by atoms with Crippen LogP contribution in [-0.4, -0.2) is 42.2 Å². The molecule has 1 aliphatic carbocycles. The number of hydrogen-bond acceptors (Lipinski definition) is 2. The highest BCUT2D eigenvalue weighted by molar-refractivity contribution is 5.76. The standard InChI is InChI=1S/C14H23F3N2O/c1-2-13(20)19-7-6-12(9-19)18-11-5-3-4-10(8-11)14(15,16)17/h10-12,18H,2-9H2,1H3. The van der Waals surface area contributed by atoms with E-state index in [0.717, 1.165) is 19.4 Å². The summed E-state index contributed by atoms with van der Waals surface area (Å²) in [5.41, 5.74) is 0. The first-order valence-electron chi connectivity index (χ1n) is 7.50. The van der Waals surface area contributed by atoms with E-state index in [2.05, 4.69) is 5.32 Å². The number of hydrogen-bond donors (Lipinski definition) is 1. The maximum Gasteiger partial charge on any atom is 0.391 e. The van der Waals surface area contributed by atoms with Gasteiger partial charge in [0.25, 0.3) is 0 Å². The molecule has 1 heterocycles. The minimum absolute atomic E-state index is 0.0583. The average molecular weight is 292 g/mol. The normalized spacial score (nSPS) is 31.6. The molecule has 0 bridgehead atoms. The van der Waals surface area contributed by atoms with Crippen LogP contribution < -0.4 is 5.32 Å². The summed E-state index contributed by atoms with van der Waals surface area (Å²) in [4.78, 5) is 13.4. The topological polar surface area (TPSA) is 32.3 Å². The van der Waals surface area contributed by atoms with E-state index in [1.54, 1.807) is 0 Å². The molecule has 20 heavy (non-hydrogen) atoms. The molecule has 2 rings (SSSR count). The molecule has 3 atom stereocenters. The molecule has 1 N–H and O–H groups in total. The van der Waals surface area contributed by atoms with Gasteiger partial charge in [-0.25, -0.2) is 0 Å². The predicted molar refractivity (Wildman–Crippen MR) is 70.2 cm³/mol. The molecule has 3 nitrogen and oxygen atoms in total. The number of rotatable bonds is 3. The van der Waals surface area contributed by atoms with Gasteiger partial charge in [-0.3, -0.25) is 4.79 Å². The summed E-state index contributed by atoms with van der Waals surface area (Å²) in [7, 11) is 0. The zero-order valence-electron chi connectivity index (χ0n) is 11.9. The van der Waals surface area contributed by atoms with E-state index in [-0.39, 0.29) is 30.8 Å². The first-order chi connectivity index (χ1) is 9.40. The van der Waals surface area contributed by atoms with Crippen molar-refractivity contribution >= 4 is 5.91 Å². The van der Waals surface area contributed by atoms with Crippen LogP contribution in [0.5, 0.6) is 0 Å². The van der Waals surface area contributed by atoms with Crippen molar-refractivity contribution in [2.75, 3.05) is 13.1 Å². The molecular formula is C14H23F3N2O. The number of halogens is 3. The summed E-state index contributed by atoms with van der Waals surface area (Å²) in [6, 6.07) is 0.0968. The molecule has 1 saturated carbocycles. The van der Waals surface area contributed by atoms with Crippen LogP contribution in [0.3, 0.4) is 0 Å². The van der Waals surface area contributed by atoms with Crippen molar-refractivity contribution < 1.29 is 18.0 Å². The van der Waals surface area contributed by atoms with Crippen molar-refractivity contribution in [1.82, 2.24) is 10.2 Å². The smallest absolute Gasteiger partial charge is 0.341 e. The Balaban J connectivity index is 1.81. The largest absolute Gasteiger partial charge is 0.391 e. The lowest BCUT2D eigenvalue weighted by atomic mass is 9.85. The lowest BCUT2D eigenvalue weighted by Crippen LogP contribution is -2.45. The minimum Gasteiger partial charge on any atom is -0.341 e. The van der Waals surface area contributed by atoms with Gasteiger partial charge in [-0.05, 0) is 25.7 Å². The number of alkyl halides is 3. The first kappa shape index (κ1) is 15.6. The molecule has 0 radical (unpaired) electrons. The Labute approximate surface area is 117 Å². The van der Waals surface area contributed by atoms with Crippen LogP contribution in [0.15, 0.2) is 0 Å². The van der Waals surface area contributed by atoms with Crippen LogP contribution in [0, 0.1) is 5.92 Å². The molecule has 6 heteroatoms. The number of amides is 1. The molecule has 0 aromatic rings. The maximum atomic E-state index is 12.8. The Morgan fingerprint density at radius 1 is 1.25 bits per heavy atom. The van der Waals surface area contributed by atoms with Crippen LogP contribution >= 0.6 is 0 Å². The molecule has 0 spiro atoms. The Hall–Kier alpha value is -0.780. The fourth-order valence-electron chi connectivity index (χ4n) is 3.32. The van der Waals surface area contributed by atoms with E-state index in [1.807, 2.05) is 11.8 Å². The van der Waals surface area contributed by atoms with Crippen LogP contribution in [0.4, 0.5) is 13.2 Å². The van der Waals surface area contributed by atoms with Crippen LogP contribution in [0.25, 0.3) is 0 Å². The summed E-state index contributed by atoms with van der Waals surface area (Å²) in [5, 5.41) is 3.33. The summed E-state index contributed by atoms with van der Waals surface area (Å²) in [5.74, 6) is -1.03. The van der Waals surface area contributed by atoms with Crippen molar-refractivity contribution in [3.05, 3.63) is 0 Å². The molecule has 1 saturated heterocycles. The number of likely N-dealkylation sites (tertiary alicyclic amines) is 1. The van der Waals surface area contributed by atoms with E-state index in [0.29, 0.717) is 19.4 Å². The fourth-order valence-corrected chi connectivity index (χ4v) is 3.32. The van der Waals surface area contributed by atoms with Crippen molar-refractivity contribution in [1.29, 1.82) is 0 Å². The number of carbonyl (C=O) groups excluding carboxylic acids is 1. The van der Waals surface area contributed by atoms with Crippen molar-refractivity contribution in [3.63, 3.8) is 0 Å². The van der Waals surface area contributed by atoms with Crippen LogP contribution in [-0.2, 0) is 4.79 Å². The Morgan fingerprint density at radius 2 is 2.00 bits per heavy atom. The number of nitrogens with zero attached hydrogens (tertiary/aromatic N) is 1. The SMILES string of the molecule is CCC(=O)N1CCC(NC2CCCC(C(F)(F)F)C2)C1. The molecule has 2 aliphatic rings. The summed E-state index contributed by atoms with van der Waals surface area (Å²) in [6.07, 6.45) is -0.850. The monoisotopic (exact) mass is 292 g/mol. The molecule has 0 aromatic carbocycles. The zero-order valence-corrected chi connectivity index (χ0v) is 11.9. The van der Waals surface area contributed by atoms with Gasteiger partial charge in [0.15, 0.2) is 0 Å². The fraction of sp³-hybridized carbons (Fsp3) is 0.929. The van der Waals surface area contributed by atoms with Crippen molar-refractivity contribution in [3.8, 4) is 0 Å². The van der Waals surface area contributed by atoms with Gasteiger partial charge in [-0.1, -0.05) is 13.3 Å². The highest BCUT2D eigenvalue weighted by Crippen LogP contribution is 2.37. The van der Waals surface area contributed by atoms with Gasteiger partial charge in [-0.15, -0.1) is 0 Å². The molecular weight excluding hydrogens is 269 g/mol. The van der Waals surface area contributed by atoms with E-state index < -0.39 is 12.1 Å². The second-order valence-electron chi connectivity index (χ2n) is 5.95. The summed E-state index contributed by atoms with van der Waals surface area (Å²) < 4.78 is 38.3. The Bertz CT molecular complexity index is 346. The van der Waals surface area contributed by atoms with Crippen molar-refractivity contribution in [2.24, 2.45) is 5.92 Å². The summed E-state index contributed by atoms with van der Waals surface area (Å²) in [6.45, 7) is 3.19. The van der Waals surface area contributed by atoms with E-state index in [4.69, 9.17) is 0 Å². The molecule has 1 amide bonds. The van der Waals surface area contributed by atoms with Crippen LogP contribution in [0.1, 0.15) is 45.4 Å². The summed E-state index contributed by atoms with van der Waals surface area (Å²) >= 11 is 0. The third kappa shape index (κ3) is 3.87. The first-order valence-corrected chi connectivity index (χ1v) is 7.50. The minimum atomic E-state index is -4.07. The van der Waals surface area contributed by atoms with Gasteiger partial charge >= 0.3 is 6.18 Å². The maximum absolute atomic E-state index is 12.8. The molecule has 0 aromatic heterocycles. The number of carbonyl (C=O) groups is 1. The van der Waals surface area contributed by atoms with Gasteiger partial charge in [-0.2, -0.15) is 13.2 Å². The van der Waals surface area contributed by atoms with Gasteiger partial charge < -0.3 is 10.2 Å². The Morgan fingerprint density at radius 3 is 2.65 bits per heavy atom.